The smallest absolute Gasteiger partial charge is 0.325 e. The Morgan fingerprint density at radius 1 is 1.20 bits per heavy atom. The summed E-state index contributed by atoms with van der Waals surface area (Å²) in [5.41, 5.74) is 0.0183. The van der Waals surface area contributed by atoms with Gasteiger partial charge >= 0.3 is 6.03 Å². The third kappa shape index (κ3) is 4.22. The lowest BCUT2D eigenvalue weighted by Crippen LogP contribution is -2.43. The molecule has 1 aliphatic rings. The van der Waals surface area contributed by atoms with Crippen molar-refractivity contribution in [3.8, 4) is 5.75 Å². The topological polar surface area (TPSA) is 87.7 Å². The number of nitrogens with one attached hydrogen (secondary N) is 2. The summed E-state index contributed by atoms with van der Waals surface area (Å²) in [4.78, 5) is 38.9. The van der Waals surface area contributed by atoms with Gasteiger partial charge in [-0.25, -0.2) is 4.79 Å². The van der Waals surface area contributed by atoms with Gasteiger partial charge in [-0.3, -0.25) is 14.5 Å². The molecule has 1 heterocycles. The second kappa shape index (κ2) is 8.53. The van der Waals surface area contributed by atoms with Crippen molar-refractivity contribution in [2.75, 3.05) is 13.7 Å². The van der Waals surface area contributed by atoms with Crippen LogP contribution in [-0.4, -0.2) is 36.4 Å². The van der Waals surface area contributed by atoms with E-state index in [0.29, 0.717) is 21.4 Å². The fraction of sp³-hybridized carbons (Fsp3) is 0.286. The number of methoxy groups -OCH3 is 1. The zero-order valence-electron chi connectivity index (χ0n) is 16.7. The number of hydrogen-bond donors (Lipinski definition) is 2. The van der Waals surface area contributed by atoms with Crippen molar-refractivity contribution >= 4 is 41.0 Å². The monoisotopic (exact) mass is 449 g/mol. The number of rotatable bonds is 6. The average molecular weight is 450 g/mol. The summed E-state index contributed by atoms with van der Waals surface area (Å²) >= 11 is 11.9. The summed E-state index contributed by atoms with van der Waals surface area (Å²) in [5.74, 6) is -0.438. The van der Waals surface area contributed by atoms with Crippen LogP contribution in [0.2, 0.25) is 10.0 Å². The van der Waals surface area contributed by atoms with Gasteiger partial charge in [0.1, 0.15) is 17.8 Å². The highest BCUT2D eigenvalue weighted by molar-refractivity contribution is 6.42. The van der Waals surface area contributed by atoms with Crippen molar-refractivity contribution in [2.45, 2.75) is 25.4 Å². The zero-order valence-corrected chi connectivity index (χ0v) is 18.2. The second-order valence-electron chi connectivity index (χ2n) is 7.14. The van der Waals surface area contributed by atoms with Gasteiger partial charge < -0.3 is 15.4 Å². The minimum atomic E-state index is -1.29. The van der Waals surface area contributed by atoms with Gasteiger partial charge in [-0.15, -0.1) is 0 Å². The number of imide groups is 1. The summed E-state index contributed by atoms with van der Waals surface area (Å²) in [5, 5.41) is 6.22. The van der Waals surface area contributed by atoms with Gasteiger partial charge in [0.25, 0.3) is 5.91 Å². The molecule has 0 aromatic heterocycles. The molecule has 0 unspecified atom stereocenters. The summed E-state index contributed by atoms with van der Waals surface area (Å²) in [6, 6.07) is 10.9. The van der Waals surface area contributed by atoms with Crippen LogP contribution in [0.4, 0.5) is 4.79 Å². The van der Waals surface area contributed by atoms with Crippen molar-refractivity contribution in [1.29, 1.82) is 0 Å². The van der Waals surface area contributed by atoms with E-state index in [2.05, 4.69) is 10.6 Å². The normalized spacial score (nSPS) is 19.4. The second-order valence-corrected chi connectivity index (χ2v) is 7.96. The molecule has 2 N–H and O–H groups in total. The number of carbonyl (C=O) groups excluding carboxylic acids is 3. The molecule has 3 rings (SSSR count). The van der Waals surface area contributed by atoms with Crippen LogP contribution in [0.25, 0.3) is 0 Å². The van der Waals surface area contributed by atoms with E-state index in [-0.39, 0.29) is 0 Å². The zero-order chi connectivity index (χ0) is 22.1. The summed E-state index contributed by atoms with van der Waals surface area (Å²) in [7, 11) is 1.52. The predicted molar refractivity (Wildman–Crippen MR) is 114 cm³/mol. The number of ether oxygens (including phenoxy) is 1. The van der Waals surface area contributed by atoms with Crippen LogP contribution in [0.5, 0.6) is 5.75 Å². The predicted octanol–water partition coefficient (Wildman–Crippen LogP) is 3.65. The molecular weight excluding hydrogens is 429 g/mol. The van der Waals surface area contributed by atoms with Gasteiger partial charge in [-0.05, 0) is 49.2 Å². The molecule has 158 valence electrons. The molecule has 7 nitrogen and oxygen atoms in total. The molecule has 1 saturated heterocycles. The first kappa shape index (κ1) is 21.9. The average Bonchev–Trinajstić information content (AvgIpc) is 2.94. The number of carbonyl (C=O) groups is 3. The van der Waals surface area contributed by atoms with Crippen LogP contribution in [0, 0.1) is 0 Å². The Balaban J connectivity index is 1.71. The molecule has 0 radical (unpaired) electrons. The molecule has 2 atom stereocenters. The number of benzene rings is 2. The van der Waals surface area contributed by atoms with E-state index in [9.17, 15) is 14.4 Å². The van der Waals surface area contributed by atoms with Gasteiger partial charge in [0, 0.05) is 0 Å². The summed E-state index contributed by atoms with van der Waals surface area (Å²) in [6.07, 6.45) is 0. The number of nitrogens with zero attached hydrogens (tertiary/aromatic N) is 1. The summed E-state index contributed by atoms with van der Waals surface area (Å²) in [6.45, 7) is 2.96. The first-order chi connectivity index (χ1) is 14.2. The minimum Gasteiger partial charge on any atom is -0.497 e. The lowest BCUT2D eigenvalue weighted by atomic mass is 9.92. The number of hydrogen-bond acceptors (Lipinski definition) is 4. The van der Waals surface area contributed by atoms with E-state index in [1.807, 2.05) is 0 Å². The summed E-state index contributed by atoms with van der Waals surface area (Å²) < 4.78 is 5.20. The van der Waals surface area contributed by atoms with Crippen LogP contribution < -0.4 is 15.4 Å². The molecule has 2 aromatic rings. The molecule has 1 aliphatic heterocycles. The van der Waals surface area contributed by atoms with Crippen molar-refractivity contribution < 1.29 is 19.1 Å². The SMILES string of the molecule is COc1cccc([C@]2(C)NC(=O)N(CC(=O)N[C@H](C)c3ccc(Cl)c(Cl)c3)C2=O)c1. The Morgan fingerprint density at radius 2 is 1.93 bits per heavy atom. The first-order valence-electron chi connectivity index (χ1n) is 9.18. The maximum Gasteiger partial charge on any atom is 0.325 e. The maximum atomic E-state index is 13.0. The van der Waals surface area contributed by atoms with Gasteiger partial charge in [-0.2, -0.15) is 0 Å². The van der Waals surface area contributed by atoms with Crippen LogP contribution in [-0.2, 0) is 15.1 Å². The molecule has 1 fully saturated rings. The highest BCUT2D eigenvalue weighted by Crippen LogP contribution is 2.31. The fourth-order valence-corrected chi connectivity index (χ4v) is 3.57. The van der Waals surface area contributed by atoms with E-state index in [4.69, 9.17) is 27.9 Å². The lowest BCUT2D eigenvalue weighted by Gasteiger charge is -2.23. The molecule has 0 saturated carbocycles. The number of amides is 4. The van der Waals surface area contributed by atoms with E-state index in [0.717, 1.165) is 10.5 Å². The van der Waals surface area contributed by atoms with Crippen molar-refractivity contribution in [3.63, 3.8) is 0 Å². The Labute approximate surface area is 184 Å². The highest BCUT2D eigenvalue weighted by atomic mass is 35.5. The van der Waals surface area contributed by atoms with E-state index >= 15 is 0 Å². The van der Waals surface area contributed by atoms with Gasteiger partial charge in [0.15, 0.2) is 0 Å². The number of urea groups is 1. The molecule has 9 heteroatoms. The fourth-order valence-electron chi connectivity index (χ4n) is 3.27. The van der Waals surface area contributed by atoms with Crippen LogP contribution in [0.15, 0.2) is 42.5 Å². The third-order valence-electron chi connectivity index (χ3n) is 5.04. The van der Waals surface area contributed by atoms with Gasteiger partial charge in [0.2, 0.25) is 5.91 Å². The number of halogens is 2. The minimum absolute atomic E-state index is 0.374. The molecular formula is C21H21Cl2N3O4. The molecule has 0 spiro atoms. The van der Waals surface area contributed by atoms with Crippen LogP contribution in [0.1, 0.15) is 31.0 Å². The molecule has 4 amide bonds. The largest absolute Gasteiger partial charge is 0.497 e. The van der Waals surface area contributed by atoms with E-state index in [1.54, 1.807) is 56.3 Å². The van der Waals surface area contributed by atoms with Crippen molar-refractivity contribution in [2.24, 2.45) is 0 Å². The molecule has 0 bridgehead atoms. The van der Waals surface area contributed by atoms with E-state index < -0.39 is 36.0 Å². The molecule has 2 aromatic carbocycles. The Bertz CT molecular complexity index is 1010. The maximum absolute atomic E-state index is 13.0. The van der Waals surface area contributed by atoms with Crippen LogP contribution in [0.3, 0.4) is 0 Å². The van der Waals surface area contributed by atoms with E-state index in [1.165, 1.54) is 7.11 Å². The van der Waals surface area contributed by atoms with Crippen molar-refractivity contribution in [1.82, 2.24) is 15.5 Å². The standard InChI is InChI=1S/C21H21Cl2N3O4/c1-12(13-7-8-16(22)17(23)9-13)24-18(27)11-26-19(28)21(2,25-20(26)29)14-5-4-6-15(10-14)30-3/h4-10,12H,11H2,1-3H3,(H,24,27)(H,25,29)/t12-,21+/m1/s1. The van der Waals surface area contributed by atoms with Gasteiger partial charge in [-0.1, -0.05) is 41.4 Å². The van der Waals surface area contributed by atoms with Gasteiger partial charge in [0.05, 0.1) is 23.2 Å². The third-order valence-corrected chi connectivity index (χ3v) is 5.78. The first-order valence-corrected chi connectivity index (χ1v) is 9.94. The Kier molecular flexibility index (Phi) is 6.24. The van der Waals surface area contributed by atoms with Crippen molar-refractivity contribution in [3.05, 3.63) is 63.6 Å². The van der Waals surface area contributed by atoms with Crippen LogP contribution >= 0.6 is 23.2 Å². The lowest BCUT2D eigenvalue weighted by molar-refractivity contribution is -0.135. The molecule has 0 aliphatic carbocycles. The quantitative estimate of drug-likeness (QED) is 0.658. The highest BCUT2D eigenvalue weighted by Gasteiger charge is 2.49. The Morgan fingerprint density at radius 3 is 2.60 bits per heavy atom. The Hall–Kier alpha value is -2.77. The molecule has 30 heavy (non-hydrogen) atoms.